The maximum Gasteiger partial charge on any atom is 0.322 e. The number of ether oxygens (including phenoxy) is 3. The van der Waals surface area contributed by atoms with Gasteiger partial charge in [0.05, 0.1) is 27.0 Å². The van der Waals surface area contributed by atoms with Crippen molar-refractivity contribution in [3.05, 3.63) is 47.0 Å². The van der Waals surface area contributed by atoms with Crippen LogP contribution in [0.4, 0.5) is 10.5 Å². The zero-order valence-corrected chi connectivity index (χ0v) is 17.7. The van der Waals surface area contributed by atoms with Crippen molar-refractivity contribution in [2.24, 2.45) is 0 Å². The number of amides is 2. The molecule has 7 nitrogen and oxygen atoms in total. The molecule has 156 valence electrons. The van der Waals surface area contributed by atoms with Crippen molar-refractivity contribution >= 4 is 23.3 Å². The second kappa shape index (κ2) is 9.71. The number of carbonyl (C=O) groups excluding carboxylic acids is 1. The van der Waals surface area contributed by atoms with Crippen molar-refractivity contribution in [1.82, 2.24) is 9.80 Å². The molecule has 0 atom stereocenters. The molecule has 29 heavy (non-hydrogen) atoms. The van der Waals surface area contributed by atoms with Crippen LogP contribution in [0.2, 0.25) is 5.02 Å². The maximum absolute atomic E-state index is 12.7. The number of anilines is 1. The highest BCUT2D eigenvalue weighted by Crippen LogP contribution is 2.29. The lowest BCUT2D eigenvalue weighted by Gasteiger charge is -2.35. The van der Waals surface area contributed by atoms with E-state index in [-0.39, 0.29) is 6.03 Å². The summed E-state index contributed by atoms with van der Waals surface area (Å²) in [5.41, 5.74) is 1.63. The monoisotopic (exact) mass is 419 g/mol. The van der Waals surface area contributed by atoms with Crippen LogP contribution in [-0.4, -0.2) is 63.3 Å². The predicted molar refractivity (Wildman–Crippen MR) is 113 cm³/mol. The molecule has 0 saturated carbocycles. The minimum absolute atomic E-state index is 0.156. The summed E-state index contributed by atoms with van der Waals surface area (Å²) in [5, 5.41) is 3.61. The van der Waals surface area contributed by atoms with Crippen molar-refractivity contribution in [2.45, 2.75) is 6.54 Å². The lowest BCUT2D eigenvalue weighted by Crippen LogP contribution is -2.49. The van der Waals surface area contributed by atoms with E-state index in [1.54, 1.807) is 44.4 Å². The van der Waals surface area contributed by atoms with E-state index in [4.69, 9.17) is 25.8 Å². The second-order valence-corrected chi connectivity index (χ2v) is 7.15. The van der Waals surface area contributed by atoms with Gasteiger partial charge in [0.15, 0.2) is 0 Å². The zero-order valence-electron chi connectivity index (χ0n) is 16.9. The number of nitrogens with one attached hydrogen (secondary N) is 1. The molecule has 0 aromatic heterocycles. The summed E-state index contributed by atoms with van der Waals surface area (Å²) in [6.07, 6.45) is 0. The van der Waals surface area contributed by atoms with Crippen LogP contribution in [0.15, 0.2) is 36.4 Å². The maximum atomic E-state index is 12.7. The average Bonchev–Trinajstić information content (AvgIpc) is 2.74. The third-order valence-electron chi connectivity index (χ3n) is 4.94. The van der Waals surface area contributed by atoms with Crippen LogP contribution in [0.3, 0.4) is 0 Å². The fourth-order valence-corrected chi connectivity index (χ4v) is 3.52. The highest BCUT2D eigenvalue weighted by molar-refractivity contribution is 6.30. The van der Waals surface area contributed by atoms with E-state index in [0.29, 0.717) is 35.3 Å². The second-order valence-electron chi connectivity index (χ2n) is 6.72. The number of urea groups is 1. The molecule has 0 radical (unpaired) electrons. The standard InChI is InChI=1S/C21H26ClN3O4/c1-27-17-5-7-20(29-3)18(13-17)23-21(26)25-10-8-24(9-11-25)14-15-12-16(22)4-6-19(15)28-2/h4-7,12-13H,8-11,14H2,1-3H3,(H,23,26). The van der Waals surface area contributed by atoms with Crippen molar-refractivity contribution < 1.29 is 19.0 Å². The van der Waals surface area contributed by atoms with Gasteiger partial charge < -0.3 is 24.4 Å². The Bertz CT molecular complexity index is 854. The van der Waals surface area contributed by atoms with E-state index < -0.39 is 0 Å². The van der Waals surface area contributed by atoms with E-state index in [1.165, 1.54) is 0 Å². The van der Waals surface area contributed by atoms with Gasteiger partial charge in [0, 0.05) is 49.4 Å². The Kier molecular flexibility index (Phi) is 7.06. The first kappa shape index (κ1) is 21.1. The molecule has 3 rings (SSSR count). The summed E-state index contributed by atoms with van der Waals surface area (Å²) < 4.78 is 16.0. The molecule has 1 N–H and O–H groups in total. The predicted octanol–water partition coefficient (Wildman–Crippen LogP) is 3.72. The van der Waals surface area contributed by atoms with Gasteiger partial charge in [-0.3, -0.25) is 4.90 Å². The van der Waals surface area contributed by atoms with Gasteiger partial charge in [-0.25, -0.2) is 4.79 Å². The van der Waals surface area contributed by atoms with Crippen LogP contribution in [0.1, 0.15) is 5.56 Å². The summed E-state index contributed by atoms with van der Waals surface area (Å²) in [7, 11) is 4.81. The number of nitrogens with zero attached hydrogens (tertiary/aromatic N) is 2. The van der Waals surface area contributed by atoms with E-state index in [0.717, 1.165) is 30.9 Å². The number of carbonyl (C=O) groups is 1. The van der Waals surface area contributed by atoms with Gasteiger partial charge in [0.25, 0.3) is 0 Å². The minimum atomic E-state index is -0.156. The lowest BCUT2D eigenvalue weighted by molar-refractivity contribution is 0.142. The quantitative estimate of drug-likeness (QED) is 0.773. The van der Waals surface area contributed by atoms with Gasteiger partial charge in [-0.2, -0.15) is 0 Å². The van der Waals surface area contributed by atoms with E-state index in [9.17, 15) is 4.79 Å². The third kappa shape index (κ3) is 5.25. The number of piperazine rings is 1. The molecule has 2 aromatic carbocycles. The smallest absolute Gasteiger partial charge is 0.322 e. The number of hydrogen-bond donors (Lipinski definition) is 1. The Hall–Kier alpha value is -2.64. The molecular formula is C21H26ClN3O4. The SMILES string of the molecule is COc1ccc(OC)c(NC(=O)N2CCN(Cc3cc(Cl)ccc3OC)CC2)c1. The molecule has 1 aliphatic rings. The molecule has 8 heteroatoms. The number of halogens is 1. The molecule has 2 aromatic rings. The fourth-order valence-electron chi connectivity index (χ4n) is 3.33. The van der Waals surface area contributed by atoms with Crippen LogP contribution in [0.5, 0.6) is 17.2 Å². The highest BCUT2D eigenvalue weighted by atomic mass is 35.5. The van der Waals surface area contributed by atoms with Crippen molar-refractivity contribution in [3.63, 3.8) is 0 Å². The molecule has 1 saturated heterocycles. The van der Waals surface area contributed by atoms with Crippen LogP contribution in [-0.2, 0) is 6.54 Å². The largest absolute Gasteiger partial charge is 0.497 e. The van der Waals surface area contributed by atoms with Crippen LogP contribution in [0, 0.1) is 0 Å². The van der Waals surface area contributed by atoms with Crippen LogP contribution < -0.4 is 19.5 Å². The number of rotatable bonds is 6. The Morgan fingerprint density at radius 3 is 2.31 bits per heavy atom. The van der Waals surface area contributed by atoms with Crippen molar-refractivity contribution in [3.8, 4) is 17.2 Å². The van der Waals surface area contributed by atoms with Gasteiger partial charge in [-0.1, -0.05) is 11.6 Å². The molecule has 0 aliphatic carbocycles. The molecule has 2 amide bonds. The molecule has 1 fully saturated rings. The van der Waals surface area contributed by atoms with Gasteiger partial charge in [0.1, 0.15) is 17.2 Å². The number of methoxy groups -OCH3 is 3. The Labute approximate surface area is 176 Å². The summed E-state index contributed by atoms with van der Waals surface area (Å²) in [5.74, 6) is 2.06. The molecule has 0 spiro atoms. The molecular weight excluding hydrogens is 394 g/mol. The van der Waals surface area contributed by atoms with Crippen LogP contribution in [0.25, 0.3) is 0 Å². The first-order valence-electron chi connectivity index (χ1n) is 9.36. The van der Waals surface area contributed by atoms with Gasteiger partial charge in [-0.15, -0.1) is 0 Å². The van der Waals surface area contributed by atoms with Crippen molar-refractivity contribution in [1.29, 1.82) is 0 Å². The molecule has 1 heterocycles. The Balaban J connectivity index is 1.58. The topological polar surface area (TPSA) is 63.3 Å². The zero-order chi connectivity index (χ0) is 20.8. The molecule has 1 aliphatic heterocycles. The van der Waals surface area contributed by atoms with E-state index >= 15 is 0 Å². The van der Waals surface area contributed by atoms with E-state index in [1.807, 2.05) is 18.2 Å². The van der Waals surface area contributed by atoms with Crippen LogP contribution >= 0.6 is 11.6 Å². The minimum Gasteiger partial charge on any atom is -0.497 e. The lowest BCUT2D eigenvalue weighted by atomic mass is 10.1. The van der Waals surface area contributed by atoms with Gasteiger partial charge >= 0.3 is 6.03 Å². The highest BCUT2D eigenvalue weighted by Gasteiger charge is 2.23. The molecule has 0 bridgehead atoms. The normalized spacial score (nSPS) is 14.4. The van der Waals surface area contributed by atoms with Gasteiger partial charge in [-0.05, 0) is 30.3 Å². The average molecular weight is 420 g/mol. The van der Waals surface area contributed by atoms with Gasteiger partial charge in [0.2, 0.25) is 0 Å². The summed E-state index contributed by atoms with van der Waals surface area (Å²) in [4.78, 5) is 16.8. The number of benzene rings is 2. The third-order valence-corrected chi connectivity index (χ3v) is 5.18. The first-order valence-corrected chi connectivity index (χ1v) is 9.74. The number of hydrogen-bond acceptors (Lipinski definition) is 5. The van der Waals surface area contributed by atoms with Crippen molar-refractivity contribution in [2.75, 3.05) is 52.8 Å². The summed E-state index contributed by atoms with van der Waals surface area (Å²) in [6.45, 7) is 3.50. The Morgan fingerprint density at radius 1 is 0.966 bits per heavy atom. The summed E-state index contributed by atoms with van der Waals surface area (Å²) >= 11 is 6.13. The summed E-state index contributed by atoms with van der Waals surface area (Å²) in [6, 6.07) is 10.8. The van der Waals surface area contributed by atoms with E-state index in [2.05, 4.69) is 10.2 Å². The Morgan fingerprint density at radius 2 is 1.66 bits per heavy atom. The molecule has 0 unspecified atom stereocenters. The first-order chi connectivity index (χ1) is 14.0. The fraction of sp³-hybridized carbons (Fsp3) is 0.381.